The van der Waals surface area contributed by atoms with Crippen molar-refractivity contribution >= 4 is 15.9 Å². The molecule has 0 bridgehead atoms. The Labute approximate surface area is 113 Å². The van der Waals surface area contributed by atoms with Gasteiger partial charge in [0.15, 0.2) is 0 Å². The van der Waals surface area contributed by atoms with E-state index in [1.54, 1.807) is 0 Å². The minimum Gasteiger partial charge on any atom is -0.313 e. The van der Waals surface area contributed by atoms with Crippen LogP contribution in [0.25, 0.3) is 0 Å². The molecule has 0 saturated heterocycles. The van der Waals surface area contributed by atoms with Crippen LogP contribution >= 0.6 is 15.9 Å². The van der Waals surface area contributed by atoms with Gasteiger partial charge >= 0.3 is 0 Å². The molecule has 1 aromatic carbocycles. The molecule has 0 spiro atoms. The molecule has 0 aromatic heterocycles. The zero-order valence-electron chi connectivity index (χ0n) is 10.6. The van der Waals surface area contributed by atoms with Crippen molar-refractivity contribution in [1.82, 2.24) is 5.32 Å². The second-order valence-electron chi connectivity index (χ2n) is 4.11. The second kappa shape index (κ2) is 8.33. The van der Waals surface area contributed by atoms with Crippen molar-refractivity contribution in [3.8, 4) is 11.8 Å². The summed E-state index contributed by atoms with van der Waals surface area (Å²) in [6.07, 6.45) is 3.13. The molecule has 92 valence electrons. The van der Waals surface area contributed by atoms with Crippen molar-refractivity contribution in [3.63, 3.8) is 0 Å². The predicted molar refractivity (Wildman–Crippen MR) is 78.0 cm³/mol. The number of halogens is 1. The maximum Gasteiger partial charge on any atom is 0.0246 e. The zero-order valence-corrected chi connectivity index (χ0v) is 12.2. The van der Waals surface area contributed by atoms with Gasteiger partial charge in [-0.15, -0.1) is 11.8 Å². The van der Waals surface area contributed by atoms with E-state index >= 15 is 0 Å². The summed E-state index contributed by atoms with van der Waals surface area (Å²) < 4.78 is 1.13. The molecule has 0 fully saturated rings. The summed E-state index contributed by atoms with van der Waals surface area (Å²) in [7, 11) is 0. The summed E-state index contributed by atoms with van der Waals surface area (Å²) in [5.74, 6) is 6.14. The van der Waals surface area contributed by atoms with E-state index in [0.29, 0.717) is 6.04 Å². The van der Waals surface area contributed by atoms with Crippen molar-refractivity contribution in [2.75, 3.05) is 6.54 Å². The molecule has 0 aliphatic carbocycles. The summed E-state index contributed by atoms with van der Waals surface area (Å²) in [4.78, 5) is 0. The average Bonchev–Trinajstić information content (AvgIpc) is 2.35. The third kappa shape index (κ3) is 5.91. The van der Waals surface area contributed by atoms with Crippen LogP contribution in [0.5, 0.6) is 0 Å². The van der Waals surface area contributed by atoms with Crippen molar-refractivity contribution in [2.24, 2.45) is 0 Å². The van der Waals surface area contributed by atoms with Crippen molar-refractivity contribution in [2.45, 2.75) is 39.2 Å². The smallest absolute Gasteiger partial charge is 0.0246 e. The van der Waals surface area contributed by atoms with E-state index in [4.69, 9.17) is 0 Å². The fraction of sp³-hybridized carbons (Fsp3) is 0.467. The minimum absolute atomic E-state index is 0.462. The summed E-state index contributed by atoms with van der Waals surface area (Å²) in [5, 5.41) is 3.55. The maximum absolute atomic E-state index is 3.55. The average molecular weight is 294 g/mol. The highest BCUT2D eigenvalue weighted by atomic mass is 79.9. The topological polar surface area (TPSA) is 12.0 Å². The van der Waals surface area contributed by atoms with Gasteiger partial charge in [-0.1, -0.05) is 35.0 Å². The standard InChI is InChI=1S/C15H20BrN/c1-3-5-6-15(17-11-4-2)12-13-7-9-14(16)10-8-13/h7-10,15,17H,4,6,11-12H2,1-2H3. The number of benzene rings is 1. The lowest BCUT2D eigenvalue weighted by atomic mass is 10.0. The Morgan fingerprint density at radius 3 is 2.59 bits per heavy atom. The first-order valence-electron chi connectivity index (χ1n) is 6.13. The van der Waals surface area contributed by atoms with E-state index in [-0.39, 0.29) is 0 Å². The predicted octanol–water partition coefficient (Wildman–Crippen LogP) is 3.77. The molecule has 17 heavy (non-hydrogen) atoms. The van der Waals surface area contributed by atoms with Crippen LogP contribution in [0.2, 0.25) is 0 Å². The maximum atomic E-state index is 3.55. The third-order valence-electron chi connectivity index (χ3n) is 2.60. The van der Waals surface area contributed by atoms with Crippen molar-refractivity contribution in [3.05, 3.63) is 34.3 Å². The molecule has 0 aliphatic rings. The summed E-state index contributed by atoms with van der Waals surface area (Å²) in [6.45, 7) is 5.15. The molecule has 1 atom stereocenters. The highest BCUT2D eigenvalue weighted by Gasteiger charge is 2.07. The number of hydrogen-bond acceptors (Lipinski definition) is 1. The van der Waals surface area contributed by atoms with E-state index in [1.165, 1.54) is 5.56 Å². The number of hydrogen-bond donors (Lipinski definition) is 1. The first-order valence-corrected chi connectivity index (χ1v) is 6.93. The van der Waals surface area contributed by atoms with Crippen LogP contribution in [0.4, 0.5) is 0 Å². The van der Waals surface area contributed by atoms with Gasteiger partial charge in [-0.2, -0.15) is 0 Å². The van der Waals surface area contributed by atoms with Gasteiger partial charge < -0.3 is 5.32 Å². The molecule has 1 unspecified atom stereocenters. The Kier molecular flexibility index (Phi) is 7.00. The van der Waals surface area contributed by atoms with Gasteiger partial charge in [0.1, 0.15) is 0 Å². The molecule has 1 N–H and O–H groups in total. The second-order valence-corrected chi connectivity index (χ2v) is 5.03. The van der Waals surface area contributed by atoms with E-state index in [2.05, 4.69) is 64.3 Å². The van der Waals surface area contributed by atoms with E-state index in [1.807, 2.05) is 6.92 Å². The Morgan fingerprint density at radius 2 is 2.00 bits per heavy atom. The summed E-state index contributed by atoms with van der Waals surface area (Å²) >= 11 is 3.46. The largest absolute Gasteiger partial charge is 0.313 e. The molecule has 1 rings (SSSR count). The Hall–Kier alpha value is -0.780. The van der Waals surface area contributed by atoms with Gasteiger partial charge in [0.05, 0.1) is 0 Å². The van der Waals surface area contributed by atoms with Gasteiger partial charge in [-0.25, -0.2) is 0 Å². The van der Waals surface area contributed by atoms with Crippen LogP contribution in [-0.2, 0) is 6.42 Å². The highest BCUT2D eigenvalue weighted by molar-refractivity contribution is 9.10. The monoisotopic (exact) mass is 293 g/mol. The molecular formula is C15H20BrN. The fourth-order valence-electron chi connectivity index (χ4n) is 1.70. The molecule has 1 nitrogen and oxygen atoms in total. The van der Waals surface area contributed by atoms with Crippen molar-refractivity contribution < 1.29 is 0 Å². The fourth-order valence-corrected chi connectivity index (χ4v) is 1.96. The van der Waals surface area contributed by atoms with Crippen LogP contribution in [0, 0.1) is 11.8 Å². The first kappa shape index (κ1) is 14.3. The molecule has 0 radical (unpaired) electrons. The molecule has 0 heterocycles. The van der Waals surface area contributed by atoms with Crippen LogP contribution < -0.4 is 5.32 Å². The molecule has 0 saturated carbocycles. The SMILES string of the molecule is CC#CCC(Cc1ccc(Br)cc1)NCCC. The lowest BCUT2D eigenvalue weighted by molar-refractivity contribution is 0.517. The number of nitrogens with one attached hydrogen (secondary N) is 1. The number of rotatable bonds is 6. The van der Waals surface area contributed by atoms with Gasteiger partial charge in [-0.05, 0) is 44.0 Å². The Balaban J connectivity index is 2.56. The third-order valence-corrected chi connectivity index (χ3v) is 3.13. The van der Waals surface area contributed by atoms with Gasteiger partial charge in [0.25, 0.3) is 0 Å². The normalized spacial score (nSPS) is 11.7. The minimum atomic E-state index is 0.462. The Morgan fingerprint density at radius 1 is 1.29 bits per heavy atom. The molecule has 0 aliphatic heterocycles. The van der Waals surface area contributed by atoms with Crippen molar-refractivity contribution in [1.29, 1.82) is 0 Å². The van der Waals surface area contributed by atoms with Gasteiger partial charge in [-0.3, -0.25) is 0 Å². The zero-order chi connectivity index (χ0) is 12.5. The lowest BCUT2D eigenvalue weighted by Gasteiger charge is -2.16. The van der Waals surface area contributed by atoms with E-state index in [0.717, 1.165) is 30.3 Å². The van der Waals surface area contributed by atoms with Crippen LogP contribution in [0.3, 0.4) is 0 Å². The summed E-state index contributed by atoms with van der Waals surface area (Å²) in [5.41, 5.74) is 1.36. The van der Waals surface area contributed by atoms with Gasteiger partial charge in [0.2, 0.25) is 0 Å². The molecule has 2 heteroatoms. The molecular weight excluding hydrogens is 274 g/mol. The lowest BCUT2D eigenvalue weighted by Crippen LogP contribution is -2.31. The van der Waals surface area contributed by atoms with Crippen LogP contribution in [0.15, 0.2) is 28.7 Å². The summed E-state index contributed by atoms with van der Waals surface area (Å²) in [6, 6.07) is 8.99. The highest BCUT2D eigenvalue weighted by Crippen LogP contribution is 2.12. The molecule has 0 amide bonds. The van der Waals surface area contributed by atoms with Gasteiger partial charge in [0, 0.05) is 16.9 Å². The van der Waals surface area contributed by atoms with Crippen LogP contribution in [-0.4, -0.2) is 12.6 Å². The van der Waals surface area contributed by atoms with E-state index in [9.17, 15) is 0 Å². The van der Waals surface area contributed by atoms with E-state index < -0.39 is 0 Å². The quantitative estimate of drug-likeness (QED) is 0.787. The Bertz CT molecular complexity index is 372. The molecule has 1 aromatic rings. The first-order chi connectivity index (χ1) is 8.26. The van der Waals surface area contributed by atoms with Crippen LogP contribution in [0.1, 0.15) is 32.3 Å².